The number of benzene rings is 1. The van der Waals surface area contributed by atoms with Crippen LogP contribution in [0.25, 0.3) is 20.9 Å². The summed E-state index contributed by atoms with van der Waals surface area (Å²) in [4.78, 5) is 14.0. The first-order valence-corrected chi connectivity index (χ1v) is 7.84. The van der Waals surface area contributed by atoms with Crippen LogP contribution in [-0.4, -0.2) is 15.0 Å². The topological polar surface area (TPSA) is 64.7 Å². The Bertz CT molecular complexity index is 777. The average Bonchev–Trinajstić information content (AvgIpc) is 2.87. The summed E-state index contributed by atoms with van der Waals surface area (Å²) < 4.78 is 0. The van der Waals surface area contributed by atoms with E-state index in [1.54, 1.807) is 11.3 Å². The molecule has 2 heterocycles. The summed E-state index contributed by atoms with van der Waals surface area (Å²) in [5.41, 5.74) is 10.2. The molecular weight excluding hydrogens is 280 g/mol. The Morgan fingerprint density at radius 2 is 1.71 bits per heavy atom. The van der Waals surface area contributed by atoms with E-state index in [0.717, 1.165) is 15.4 Å². The number of nitrogens with two attached hydrogens (primary N) is 1. The highest BCUT2D eigenvalue weighted by Crippen LogP contribution is 2.33. The van der Waals surface area contributed by atoms with Crippen molar-refractivity contribution >= 4 is 27.5 Å². The van der Waals surface area contributed by atoms with Crippen molar-refractivity contribution in [2.24, 2.45) is 0 Å². The molecule has 1 aromatic carbocycles. The molecule has 2 aromatic heterocycles. The fourth-order valence-electron chi connectivity index (χ4n) is 2.04. The van der Waals surface area contributed by atoms with Crippen LogP contribution in [0.3, 0.4) is 0 Å². The lowest BCUT2D eigenvalue weighted by Gasteiger charge is -2.02. The molecule has 0 saturated heterocycles. The Labute approximate surface area is 129 Å². The van der Waals surface area contributed by atoms with Crippen LogP contribution in [-0.2, 0) is 0 Å². The molecule has 0 amide bonds. The lowest BCUT2D eigenvalue weighted by Crippen LogP contribution is -1.95. The first-order chi connectivity index (χ1) is 10.0. The number of thiazole rings is 1. The molecule has 0 unspecified atom stereocenters. The van der Waals surface area contributed by atoms with E-state index in [1.165, 1.54) is 11.1 Å². The van der Waals surface area contributed by atoms with Crippen LogP contribution in [0.2, 0.25) is 0 Å². The molecule has 4 nitrogen and oxygen atoms in total. The second-order valence-corrected chi connectivity index (χ2v) is 5.62. The van der Waals surface area contributed by atoms with Crippen LogP contribution >= 0.6 is 11.3 Å². The predicted octanol–water partition coefficient (Wildman–Crippen LogP) is 4.29. The Hall–Kier alpha value is -2.01. The summed E-state index contributed by atoms with van der Waals surface area (Å²) in [6.07, 6.45) is 0. The highest BCUT2D eigenvalue weighted by Gasteiger charge is 2.13. The zero-order valence-electron chi connectivity index (χ0n) is 13.1. The van der Waals surface area contributed by atoms with E-state index in [4.69, 9.17) is 5.73 Å². The van der Waals surface area contributed by atoms with E-state index >= 15 is 0 Å². The van der Waals surface area contributed by atoms with E-state index in [2.05, 4.69) is 47.0 Å². The molecule has 0 aliphatic rings. The number of aromatic nitrogens is 3. The Morgan fingerprint density at radius 1 is 1.00 bits per heavy atom. The Kier molecular flexibility index (Phi) is 4.53. The van der Waals surface area contributed by atoms with Crippen molar-refractivity contribution in [1.82, 2.24) is 15.0 Å². The number of fused-ring (bicyclic) bond motifs is 1. The van der Waals surface area contributed by atoms with Gasteiger partial charge in [0.15, 0.2) is 5.82 Å². The molecule has 0 radical (unpaired) electrons. The summed E-state index contributed by atoms with van der Waals surface area (Å²) in [7, 11) is 0. The monoisotopic (exact) mass is 300 g/mol. The zero-order valence-corrected chi connectivity index (χ0v) is 13.9. The first kappa shape index (κ1) is 15.4. The van der Waals surface area contributed by atoms with E-state index < -0.39 is 0 Å². The van der Waals surface area contributed by atoms with Gasteiger partial charge in [0, 0.05) is 5.56 Å². The van der Waals surface area contributed by atoms with Gasteiger partial charge in [-0.3, -0.25) is 0 Å². The quantitative estimate of drug-likeness (QED) is 0.728. The zero-order chi connectivity index (χ0) is 15.6. The van der Waals surface area contributed by atoms with Gasteiger partial charge < -0.3 is 5.73 Å². The van der Waals surface area contributed by atoms with Crippen LogP contribution in [0.1, 0.15) is 30.8 Å². The molecule has 3 rings (SSSR count). The number of rotatable bonds is 1. The molecule has 0 aliphatic carbocycles. The maximum absolute atomic E-state index is 5.91. The van der Waals surface area contributed by atoms with Crippen molar-refractivity contribution < 1.29 is 0 Å². The number of nitrogens with zero attached hydrogens (tertiary/aromatic N) is 3. The van der Waals surface area contributed by atoms with Gasteiger partial charge in [-0.15, -0.1) is 0 Å². The van der Waals surface area contributed by atoms with Gasteiger partial charge in [-0.25, -0.2) is 15.0 Å². The van der Waals surface area contributed by atoms with Gasteiger partial charge in [0.25, 0.3) is 0 Å². The molecule has 0 atom stereocenters. The van der Waals surface area contributed by atoms with Gasteiger partial charge in [-0.1, -0.05) is 42.9 Å². The third-order valence-electron chi connectivity index (χ3n) is 3.02. The molecule has 0 bridgehead atoms. The minimum absolute atomic E-state index is 0.454. The lowest BCUT2D eigenvalue weighted by molar-refractivity contribution is 1.10. The molecule has 0 saturated carbocycles. The van der Waals surface area contributed by atoms with Crippen molar-refractivity contribution in [2.45, 2.75) is 34.6 Å². The summed E-state index contributed by atoms with van der Waals surface area (Å²) in [5.74, 6) is 1.14. The Morgan fingerprint density at radius 3 is 2.43 bits per heavy atom. The molecule has 21 heavy (non-hydrogen) atoms. The van der Waals surface area contributed by atoms with Gasteiger partial charge in [0.05, 0.1) is 0 Å². The van der Waals surface area contributed by atoms with Crippen LogP contribution in [0.5, 0.6) is 0 Å². The molecule has 0 spiro atoms. The minimum atomic E-state index is 0.454. The standard InChI is InChI=1S/C14H14N4S.C2H6/c1-7-4-5-8(2)10(6-7)13-18-11-12(15)16-9(3)17-14(11)19-13;1-2/h4-6H,1-3H3,(H2,15,16,17);1-2H3. The fourth-order valence-corrected chi connectivity index (χ4v) is 3.11. The van der Waals surface area contributed by atoms with Crippen molar-refractivity contribution in [1.29, 1.82) is 0 Å². The first-order valence-electron chi connectivity index (χ1n) is 7.03. The third-order valence-corrected chi connectivity index (χ3v) is 4.00. The van der Waals surface area contributed by atoms with Gasteiger partial charge in [0.1, 0.15) is 21.2 Å². The third kappa shape index (κ3) is 3.03. The summed E-state index contributed by atoms with van der Waals surface area (Å²) in [6.45, 7) is 10.0. The van der Waals surface area contributed by atoms with Crippen LogP contribution in [0, 0.1) is 20.8 Å². The summed E-state index contributed by atoms with van der Waals surface area (Å²) >= 11 is 1.56. The predicted molar refractivity (Wildman–Crippen MR) is 90.6 cm³/mol. The van der Waals surface area contributed by atoms with Crippen molar-refractivity contribution in [3.63, 3.8) is 0 Å². The molecule has 0 aliphatic heterocycles. The number of hydrogen-bond acceptors (Lipinski definition) is 5. The van der Waals surface area contributed by atoms with Crippen molar-refractivity contribution in [3.8, 4) is 10.6 Å². The maximum atomic E-state index is 5.91. The van der Waals surface area contributed by atoms with Gasteiger partial charge in [0.2, 0.25) is 0 Å². The highest BCUT2D eigenvalue weighted by atomic mass is 32.1. The summed E-state index contributed by atoms with van der Waals surface area (Å²) in [5, 5.41) is 0.947. The fraction of sp³-hybridized carbons (Fsp3) is 0.312. The minimum Gasteiger partial charge on any atom is -0.382 e. The maximum Gasteiger partial charge on any atom is 0.154 e. The number of anilines is 1. The average molecular weight is 300 g/mol. The molecule has 2 N–H and O–H groups in total. The molecule has 3 aromatic rings. The second-order valence-electron chi connectivity index (χ2n) is 4.65. The smallest absolute Gasteiger partial charge is 0.154 e. The van der Waals surface area contributed by atoms with Crippen LogP contribution in [0.15, 0.2) is 18.2 Å². The largest absolute Gasteiger partial charge is 0.382 e. The molecule has 110 valence electrons. The van der Waals surface area contributed by atoms with E-state index in [0.29, 0.717) is 17.2 Å². The normalized spacial score (nSPS) is 10.3. The van der Waals surface area contributed by atoms with E-state index in [1.807, 2.05) is 20.8 Å². The number of hydrogen-bond donors (Lipinski definition) is 1. The van der Waals surface area contributed by atoms with Gasteiger partial charge in [-0.05, 0) is 32.4 Å². The SMILES string of the molecule is CC.Cc1ccc(C)c(-c2nc3c(N)nc(C)nc3s2)c1. The Balaban J connectivity index is 0.000000774. The lowest BCUT2D eigenvalue weighted by atomic mass is 10.1. The van der Waals surface area contributed by atoms with E-state index in [9.17, 15) is 0 Å². The van der Waals surface area contributed by atoms with E-state index in [-0.39, 0.29) is 0 Å². The second kappa shape index (κ2) is 6.18. The van der Waals surface area contributed by atoms with Crippen molar-refractivity contribution in [3.05, 3.63) is 35.2 Å². The number of aryl methyl sites for hydroxylation is 3. The molecule has 0 fully saturated rings. The number of nitrogen functional groups attached to an aromatic ring is 1. The summed E-state index contributed by atoms with van der Waals surface area (Å²) in [6, 6.07) is 6.35. The van der Waals surface area contributed by atoms with Gasteiger partial charge >= 0.3 is 0 Å². The van der Waals surface area contributed by atoms with Crippen LogP contribution in [0.4, 0.5) is 5.82 Å². The van der Waals surface area contributed by atoms with Gasteiger partial charge in [-0.2, -0.15) is 0 Å². The van der Waals surface area contributed by atoms with Crippen LogP contribution < -0.4 is 5.73 Å². The molecular formula is C16H20N4S. The van der Waals surface area contributed by atoms with Crippen molar-refractivity contribution in [2.75, 3.05) is 5.73 Å². The molecule has 5 heteroatoms. The highest BCUT2D eigenvalue weighted by molar-refractivity contribution is 7.21.